The average molecular weight is 127 g/mol. The van der Waals surface area contributed by atoms with Gasteiger partial charge in [0.1, 0.15) is 5.78 Å². The van der Waals surface area contributed by atoms with Crippen LogP contribution >= 0.6 is 0 Å². The molecule has 0 aromatic carbocycles. The number of carbonyl (C=O) groups is 1. The summed E-state index contributed by atoms with van der Waals surface area (Å²) >= 11 is 0. The lowest BCUT2D eigenvalue weighted by atomic mass is 10.1. The van der Waals surface area contributed by atoms with E-state index in [0.29, 0.717) is 12.3 Å². The molecule has 9 heavy (non-hydrogen) atoms. The number of Topliss-reactive ketones (excluding diaryl/α,β-unsaturated/α-hetero) is 1. The van der Waals surface area contributed by atoms with E-state index >= 15 is 0 Å². The lowest BCUT2D eigenvalue weighted by molar-refractivity contribution is -0.118. The summed E-state index contributed by atoms with van der Waals surface area (Å²) in [6, 6.07) is 0. The third-order valence-electron chi connectivity index (χ3n) is 0.905. The molecule has 0 heterocycles. The zero-order chi connectivity index (χ0) is 7.28. The molecule has 0 aliphatic rings. The zero-order valence-electron chi connectivity index (χ0n) is 5.81. The molecule has 0 N–H and O–H groups in total. The van der Waals surface area contributed by atoms with Crippen molar-refractivity contribution < 1.29 is 9.59 Å². The van der Waals surface area contributed by atoms with Crippen molar-refractivity contribution in [3.63, 3.8) is 0 Å². The molecule has 0 aliphatic carbocycles. The molecule has 0 amide bonds. The van der Waals surface area contributed by atoms with Crippen LogP contribution in [-0.4, -0.2) is 12.1 Å². The minimum atomic E-state index is -0.0435. The quantitative estimate of drug-likeness (QED) is 0.530. The van der Waals surface area contributed by atoms with E-state index in [1.807, 2.05) is 13.8 Å². The van der Waals surface area contributed by atoms with Gasteiger partial charge in [-0.3, -0.25) is 9.59 Å². The third kappa shape index (κ3) is 5.21. The SMILES string of the molecule is CC(C)CC(=O)C[C]=O. The molecule has 0 fully saturated rings. The molecule has 0 saturated heterocycles. The topological polar surface area (TPSA) is 34.1 Å². The Morgan fingerprint density at radius 3 is 2.44 bits per heavy atom. The Morgan fingerprint density at radius 2 is 2.11 bits per heavy atom. The molecule has 0 atom stereocenters. The monoisotopic (exact) mass is 127 g/mol. The van der Waals surface area contributed by atoms with Gasteiger partial charge in [-0.2, -0.15) is 0 Å². The third-order valence-corrected chi connectivity index (χ3v) is 0.905. The van der Waals surface area contributed by atoms with E-state index in [-0.39, 0.29) is 12.2 Å². The fourth-order valence-corrected chi connectivity index (χ4v) is 0.608. The van der Waals surface area contributed by atoms with Gasteiger partial charge in [-0.1, -0.05) is 13.8 Å². The van der Waals surface area contributed by atoms with Gasteiger partial charge in [0.2, 0.25) is 6.29 Å². The summed E-state index contributed by atoms with van der Waals surface area (Å²) in [6.07, 6.45) is 2.03. The lowest BCUT2D eigenvalue weighted by Crippen LogP contribution is -2.02. The minimum Gasteiger partial charge on any atom is -0.299 e. The molecule has 2 nitrogen and oxygen atoms in total. The first-order valence-electron chi connectivity index (χ1n) is 3.03. The van der Waals surface area contributed by atoms with E-state index in [0.717, 1.165) is 0 Å². The van der Waals surface area contributed by atoms with Gasteiger partial charge >= 0.3 is 0 Å². The second-order valence-electron chi connectivity index (χ2n) is 2.46. The molecule has 0 spiro atoms. The largest absolute Gasteiger partial charge is 0.299 e. The van der Waals surface area contributed by atoms with Crippen molar-refractivity contribution in [3.05, 3.63) is 0 Å². The molecule has 0 aromatic rings. The molecule has 0 rings (SSSR count). The fraction of sp³-hybridized carbons (Fsp3) is 0.714. The molecule has 0 saturated carbocycles. The molecule has 51 valence electrons. The first-order valence-corrected chi connectivity index (χ1v) is 3.03. The summed E-state index contributed by atoms with van der Waals surface area (Å²) in [5.74, 6) is 0.339. The Bertz CT molecular complexity index is 105. The van der Waals surface area contributed by atoms with Crippen LogP contribution in [0.3, 0.4) is 0 Å². The maximum atomic E-state index is 10.6. The second-order valence-corrected chi connectivity index (χ2v) is 2.46. The standard InChI is InChI=1S/C7H11O2/c1-6(2)5-7(9)3-4-8/h6H,3,5H2,1-2H3. The highest BCUT2D eigenvalue weighted by Crippen LogP contribution is 2.00. The first-order chi connectivity index (χ1) is 4.16. The van der Waals surface area contributed by atoms with Gasteiger partial charge < -0.3 is 0 Å². The van der Waals surface area contributed by atoms with E-state index in [2.05, 4.69) is 0 Å². The maximum Gasteiger partial charge on any atom is 0.206 e. The molecular weight excluding hydrogens is 116 g/mol. The van der Waals surface area contributed by atoms with E-state index in [9.17, 15) is 9.59 Å². The van der Waals surface area contributed by atoms with Crippen LogP contribution in [0, 0.1) is 5.92 Å². The van der Waals surface area contributed by atoms with Crippen LogP contribution in [0.4, 0.5) is 0 Å². The molecule has 1 radical (unpaired) electrons. The van der Waals surface area contributed by atoms with Crippen molar-refractivity contribution in [2.45, 2.75) is 26.7 Å². The Balaban J connectivity index is 3.38. The van der Waals surface area contributed by atoms with Crippen molar-refractivity contribution in [2.24, 2.45) is 5.92 Å². The summed E-state index contributed by atoms with van der Waals surface area (Å²) in [5.41, 5.74) is 0. The van der Waals surface area contributed by atoms with Gasteiger partial charge in [-0.05, 0) is 5.92 Å². The summed E-state index contributed by atoms with van der Waals surface area (Å²) in [7, 11) is 0. The average Bonchev–Trinajstić information content (AvgIpc) is 1.63. The van der Waals surface area contributed by atoms with Gasteiger partial charge in [0, 0.05) is 6.42 Å². The molecular formula is C7H11O2. The number of carbonyl (C=O) groups excluding carboxylic acids is 2. The van der Waals surface area contributed by atoms with Gasteiger partial charge in [0.15, 0.2) is 0 Å². The number of rotatable bonds is 4. The maximum absolute atomic E-state index is 10.6. The minimum absolute atomic E-state index is 0.0139. The van der Waals surface area contributed by atoms with Crippen LogP contribution in [0.1, 0.15) is 26.7 Å². The van der Waals surface area contributed by atoms with Gasteiger partial charge in [-0.15, -0.1) is 0 Å². The summed E-state index contributed by atoms with van der Waals surface area (Å²) in [4.78, 5) is 20.2. The van der Waals surface area contributed by atoms with Crippen molar-refractivity contribution in [3.8, 4) is 0 Å². The van der Waals surface area contributed by atoms with Crippen molar-refractivity contribution in [1.82, 2.24) is 0 Å². The summed E-state index contributed by atoms with van der Waals surface area (Å²) in [6.45, 7) is 3.89. The van der Waals surface area contributed by atoms with Crippen LogP contribution in [0.2, 0.25) is 0 Å². The van der Waals surface area contributed by atoms with E-state index in [4.69, 9.17) is 0 Å². The van der Waals surface area contributed by atoms with Crippen LogP contribution < -0.4 is 0 Å². The normalized spacial score (nSPS) is 9.67. The number of hydrogen-bond donors (Lipinski definition) is 0. The number of ketones is 1. The molecule has 0 aliphatic heterocycles. The predicted molar refractivity (Wildman–Crippen MR) is 34.8 cm³/mol. The highest BCUT2D eigenvalue weighted by atomic mass is 16.1. The second kappa shape index (κ2) is 4.24. The Hall–Kier alpha value is -0.660. The van der Waals surface area contributed by atoms with Crippen molar-refractivity contribution in [1.29, 1.82) is 0 Å². The van der Waals surface area contributed by atoms with Gasteiger partial charge in [0.05, 0.1) is 6.42 Å². The molecule has 2 heteroatoms. The van der Waals surface area contributed by atoms with Crippen LogP contribution in [0.5, 0.6) is 0 Å². The highest BCUT2D eigenvalue weighted by Gasteiger charge is 2.02. The Labute approximate surface area is 55.3 Å². The zero-order valence-corrected chi connectivity index (χ0v) is 5.81. The van der Waals surface area contributed by atoms with Crippen LogP contribution in [0.25, 0.3) is 0 Å². The van der Waals surface area contributed by atoms with Crippen LogP contribution in [0.15, 0.2) is 0 Å². The summed E-state index contributed by atoms with van der Waals surface area (Å²) < 4.78 is 0. The molecule has 0 aromatic heterocycles. The highest BCUT2D eigenvalue weighted by molar-refractivity contribution is 5.89. The lowest BCUT2D eigenvalue weighted by Gasteiger charge is -1.97. The van der Waals surface area contributed by atoms with Crippen molar-refractivity contribution >= 4 is 12.1 Å². The predicted octanol–water partition coefficient (Wildman–Crippen LogP) is 1.10. The van der Waals surface area contributed by atoms with Crippen molar-refractivity contribution in [2.75, 3.05) is 0 Å². The smallest absolute Gasteiger partial charge is 0.206 e. The van der Waals surface area contributed by atoms with E-state index in [1.54, 1.807) is 6.29 Å². The first kappa shape index (κ1) is 8.34. The van der Waals surface area contributed by atoms with Crippen LogP contribution in [-0.2, 0) is 9.59 Å². The molecule has 0 unspecified atom stereocenters. The Morgan fingerprint density at radius 1 is 1.56 bits per heavy atom. The number of hydrogen-bond acceptors (Lipinski definition) is 2. The van der Waals surface area contributed by atoms with Gasteiger partial charge in [0.25, 0.3) is 0 Å². The fourth-order valence-electron chi connectivity index (χ4n) is 0.608. The Kier molecular flexibility index (Phi) is 3.93. The van der Waals surface area contributed by atoms with E-state index < -0.39 is 0 Å². The molecule has 0 bridgehead atoms. The van der Waals surface area contributed by atoms with Gasteiger partial charge in [-0.25, -0.2) is 0 Å². The van der Waals surface area contributed by atoms with E-state index in [1.165, 1.54) is 0 Å². The summed E-state index contributed by atoms with van der Waals surface area (Å²) in [5, 5.41) is 0.